The summed E-state index contributed by atoms with van der Waals surface area (Å²) in [6.07, 6.45) is 0.753. The molecule has 1 aliphatic rings. The van der Waals surface area contributed by atoms with E-state index in [1.165, 1.54) is 0 Å². The Bertz CT molecular complexity index is 1050. The van der Waals surface area contributed by atoms with Gasteiger partial charge in [0.05, 0.1) is 19.2 Å². The molecule has 0 saturated heterocycles. The third-order valence-electron chi connectivity index (χ3n) is 5.70. The molecule has 0 radical (unpaired) electrons. The lowest BCUT2D eigenvalue weighted by Gasteiger charge is -2.28. The van der Waals surface area contributed by atoms with Crippen molar-refractivity contribution in [2.75, 3.05) is 13.2 Å². The Morgan fingerprint density at radius 3 is 2.74 bits per heavy atom. The highest BCUT2D eigenvalue weighted by atomic mass is 16.3. The van der Waals surface area contributed by atoms with Crippen LogP contribution in [-0.2, 0) is 26.1 Å². The van der Waals surface area contributed by atoms with Gasteiger partial charge >= 0.3 is 0 Å². The highest BCUT2D eigenvalue weighted by molar-refractivity contribution is 5.94. The third-order valence-corrected chi connectivity index (χ3v) is 5.70. The number of phenolic OH excluding ortho intramolecular Hbond substituents is 1. The summed E-state index contributed by atoms with van der Waals surface area (Å²) in [5, 5.41) is 26.8. The summed E-state index contributed by atoms with van der Waals surface area (Å²) in [4.78, 5) is 15.4. The maximum Gasteiger partial charge on any atom is 0.272 e. The smallest absolute Gasteiger partial charge is 0.272 e. The van der Waals surface area contributed by atoms with Crippen LogP contribution in [-0.4, -0.2) is 44.0 Å². The molecular weight excluding hydrogens is 392 g/mol. The van der Waals surface area contributed by atoms with Crippen LogP contribution in [0.4, 0.5) is 0 Å². The summed E-state index contributed by atoms with van der Waals surface area (Å²) in [6.45, 7) is 4.40. The zero-order valence-corrected chi connectivity index (χ0v) is 17.7. The molecule has 0 unspecified atom stereocenters. The number of amides is 1. The van der Waals surface area contributed by atoms with Crippen LogP contribution >= 0.6 is 0 Å². The van der Waals surface area contributed by atoms with E-state index in [9.17, 15) is 15.0 Å². The van der Waals surface area contributed by atoms with Gasteiger partial charge in [-0.3, -0.25) is 14.4 Å². The van der Waals surface area contributed by atoms with Crippen LogP contribution in [0, 0.1) is 0 Å². The number of hydrogen-bond acceptors (Lipinski definition) is 5. The van der Waals surface area contributed by atoms with Crippen LogP contribution in [0.5, 0.6) is 5.75 Å². The first kappa shape index (κ1) is 21.1. The Labute approximate surface area is 181 Å². The van der Waals surface area contributed by atoms with Crippen LogP contribution in [0.1, 0.15) is 45.8 Å². The van der Waals surface area contributed by atoms with Crippen molar-refractivity contribution >= 4 is 5.91 Å². The first-order valence-electron chi connectivity index (χ1n) is 10.6. The minimum atomic E-state index is -0.205. The summed E-state index contributed by atoms with van der Waals surface area (Å²) in [7, 11) is 0. The number of phenols is 1. The van der Waals surface area contributed by atoms with Gasteiger partial charge in [0.1, 0.15) is 5.75 Å². The minimum absolute atomic E-state index is 0.0252. The van der Waals surface area contributed by atoms with Gasteiger partial charge in [0.15, 0.2) is 5.69 Å². The third kappa shape index (κ3) is 4.78. The fourth-order valence-electron chi connectivity index (χ4n) is 4.15. The first-order valence-corrected chi connectivity index (χ1v) is 10.6. The zero-order chi connectivity index (χ0) is 21.8. The summed E-state index contributed by atoms with van der Waals surface area (Å²) in [5.41, 5.74) is 4.41. The van der Waals surface area contributed by atoms with Gasteiger partial charge in [-0.1, -0.05) is 42.5 Å². The van der Waals surface area contributed by atoms with E-state index >= 15 is 0 Å². The van der Waals surface area contributed by atoms with E-state index in [1.54, 1.807) is 16.8 Å². The molecule has 0 spiro atoms. The molecule has 0 aliphatic carbocycles. The van der Waals surface area contributed by atoms with E-state index in [1.807, 2.05) is 49.4 Å². The number of aliphatic hydroxyl groups is 1. The average Bonchev–Trinajstić information content (AvgIpc) is 3.12. The number of carbonyl (C=O) groups excluding carboxylic acids is 1. The summed E-state index contributed by atoms with van der Waals surface area (Å²) in [5.74, 6) is 0.0458. The van der Waals surface area contributed by atoms with E-state index in [-0.39, 0.29) is 24.3 Å². The van der Waals surface area contributed by atoms with Crippen molar-refractivity contribution in [3.63, 3.8) is 0 Å². The standard InChI is InChI=1S/C24H28N4O3/c1-17(19-7-3-2-4-8-19)25-24(31)23-21-16-27(15-18-6-5-9-20(30)14-18)11-10-22(21)28(26-23)12-13-29/h2-9,14,17,29-30H,10-13,15-16H2,1H3,(H,25,31)/t17-/m0/s1. The number of fused-ring (bicyclic) bond motifs is 1. The van der Waals surface area contributed by atoms with Crippen molar-refractivity contribution in [3.8, 4) is 5.75 Å². The van der Waals surface area contributed by atoms with E-state index in [0.717, 1.165) is 35.3 Å². The fraction of sp³-hybridized carbons (Fsp3) is 0.333. The van der Waals surface area contributed by atoms with Gasteiger partial charge in [-0.15, -0.1) is 0 Å². The maximum absolute atomic E-state index is 13.1. The molecule has 7 nitrogen and oxygen atoms in total. The van der Waals surface area contributed by atoms with Crippen LogP contribution in [0.3, 0.4) is 0 Å². The molecule has 1 atom stereocenters. The van der Waals surface area contributed by atoms with Crippen molar-refractivity contribution < 1.29 is 15.0 Å². The lowest BCUT2D eigenvalue weighted by Crippen LogP contribution is -2.33. The molecule has 0 bridgehead atoms. The normalized spacial score (nSPS) is 14.8. The topological polar surface area (TPSA) is 90.6 Å². The molecule has 0 fully saturated rings. The van der Waals surface area contributed by atoms with Crippen molar-refractivity contribution in [3.05, 3.63) is 82.7 Å². The summed E-state index contributed by atoms with van der Waals surface area (Å²) in [6, 6.07) is 16.9. The Morgan fingerprint density at radius 2 is 2.00 bits per heavy atom. The van der Waals surface area contributed by atoms with E-state index in [4.69, 9.17) is 0 Å². The van der Waals surface area contributed by atoms with E-state index in [0.29, 0.717) is 25.3 Å². The van der Waals surface area contributed by atoms with Gasteiger partial charge in [0.2, 0.25) is 0 Å². The highest BCUT2D eigenvalue weighted by Crippen LogP contribution is 2.25. The second kappa shape index (κ2) is 9.32. The predicted molar refractivity (Wildman–Crippen MR) is 118 cm³/mol. The fourth-order valence-corrected chi connectivity index (χ4v) is 4.15. The number of aliphatic hydroxyl groups excluding tert-OH is 1. The van der Waals surface area contributed by atoms with E-state index in [2.05, 4.69) is 15.3 Å². The van der Waals surface area contributed by atoms with Gasteiger partial charge in [0.25, 0.3) is 5.91 Å². The molecular formula is C24H28N4O3. The Hall–Kier alpha value is -3.16. The summed E-state index contributed by atoms with van der Waals surface area (Å²) < 4.78 is 1.77. The monoisotopic (exact) mass is 420 g/mol. The predicted octanol–water partition coefficient (Wildman–Crippen LogP) is 2.63. The number of carbonyl (C=O) groups is 1. The largest absolute Gasteiger partial charge is 0.508 e. The van der Waals surface area contributed by atoms with Crippen molar-refractivity contribution in [2.24, 2.45) is 0 Å². The molecule has 3 aromatic rings. The highest BCUT2D eigenvalue weighted by Gasteiger charge is 2.28. The first-order chi connectivity index (χ1) is 15.0. The number of benzene rings is 2. The van der Waals surface area contributed by atoms with Crippen molar-refractivity contribution in [1.29, 1.82) is 0 Å². The Morgan fingerprint density at radius 1 is 1.19 bits per heavy atom. The number of aromatic nitrogens is 2. The van der Waals surface area contributed by atoms with Gasteiger partial charge in [-0.2, -0.15) is 5.10 Å². The second-order valence-corrected chi connectivity index (χ2v) is 7.96. The summed E-state index contributed by atoms with van der Waals surface area (Å²) >= 11 is 0. The number of nitrogens with zero attached hydrogens (tertiary/aromatic N) is 3. The molecule has 2 aromatic carbocycles. The lowest BCUT2D eigenvalue weighted by molar-refractivity contribution is 0.0931. The van der Waals surface area contributed by atoms with Crippen LogP contribution in [0.25, 0.3) is 0 Å². The molecule has 162 valence electrons. The van der Waals surface area contributed by atoms with Crippen molar-refractivity contribution in [2.45, 2.75) is 39.0 Å². The minimum Gasteiger partial charge on any atom is -0.508 e. The number of rotatable bonds is 7. The molecule has 4 rings (SSSR count). The van der Waals surface area contributed by atoms with Crippen LogP contribution in [0.15, 0.2) is 54.6 Å². The van der Waals surface area contributed by atoms with Gasteiger partial charge < -0.3 is 15.5 Å². The Kier molecular flexibility index (Phi) is 6.34. The van der Waals surface area contributed by atoms with Crippen molar-refractivity contribution in [1.82, 2.24) is 20.0 Å². The molecule has 7 heteroatoms. The number of hydrogen-bond donors (Lipinski definition) is 3. The van der Waals surface area contributed by atoms with E-state index < -0.39 is 0 Å². The molecule has 1 aromatic heterocycles. The number of nitrogens with one attached hydrogen (secondary N) is 1. The van der Waals surface area contributed by atoms with Crippen LogP contribution < -0.4 is 5.32 Å². The second-order valence-electron chi connectivity index (χ2n) is 7.96. The molecule has 1 amide bonds. The SMILES string of the molecule is C[C@H](NC(=O)c1nn(CCO)c2c1CN(Cc1cccc(O)c1)CC2)c1ccccc1. The number of aromatic hydroxyl groups is 1. The van der Waals surface area contributed by atoms with Crippen LogP contribution in [0.2, 0.25) is 0 Å². The quantitative estimate of drug-likeness (QED) is 0.547. The molecule has 31 heavy (non-hydrogen) atoms. The van der Waals surface area contributed by atoms with Gasteiger partial charge in [0, 0.05) is 37.3 Å². The molecule has 3 N–H and O–H groups in total. The maximum atomic E-state index is 13.1. The zero-order valence-electron chi connectivity index (χ0n) is 17.7. The molecule has 1 aliphatic heterocycles. The van der Waals surface area contributed by atoms with Gasteiger partial charge in [-0.05, 0) is 30.2 Å². The average molecular weight is 421 g/mol. The molecule has 2 heterocycles. The lowest BCUT2D eigenvalue weighted by atomic mass is 10.0. The van der Waals surface area contributed by atoms with Gasteiger partial charge in [-0.25, -0.2) is 0 Å². The Balaban J connectivity index is 1.55. The molecule has 0 saturated carbocycles.